The normalized spacial score (nSPS) is 34.7. The number of hydrogen-bond donors (Lipinski definition) is 2. The molecule has 2 saturated heterocycles. The Morgan fingerprint density at radius 3 is 2.94 bits per heavy atom. The predicted molar refractivity (Wildman–Crippen MR) is 65.7 cm³/mol. The minimum atomic E-state index is -0.0726. The fourth-order valence-corrected chi connectivity index (χ4v) is 2.95. The Hall–Kier alpha value is -1.56. The molecular weight excluding hydrogens is 232 g/mol. The van der Waals surface area contributed by atoms with Crippen LogP contribution >= 0.6 is 0 Å². The van der Waals surface area contributed by atoms with E-state index in [4.69, 9.17) is 5.73 Å². The Bertz CT molecular complexity index is 409. The summed E-state index contributed by atoms with van der Waals surface area (Å²) in [6.07, 6.45) is 4.53. The Kier molecular flexibility index (Phi) is 2.74. The van der Waals surface area contributed by atoms with E-state index < -0.39 is 0 Å². The summed E-state index contributed by atoms with van der Waals surface area (Å²) in [4.78, 5) is 27.5. The summed E-state index contributed by atoms with van der Waals surface area (Å²) in [5, 5.41) is 2.81. The molecule has 0 saturated carbocycles. The van der Waals surface area contributed by atoms with Crippen molar-refractivity contribution in [2.24, 2.45) is 11.7 Å². The van der Waals surface area contributed by atoms with Crippen molar-refractivity contribution in [2.75, 3.05) is 26.2 Å². The first kappa shape index (κ1) is 11.5. The lowest BCUT2D eigenvalue weighted by molar-refractivity contribution is -0.136. The van der Waals surface area contributed by atoms with Gasteiger partial charge in [-0.1, -0.05) is 12.2 Å². The van der Waals surface area contributed by atoms with E-state index >= 15 is 0 Å². The molecule has 1 aliphatic carbocycles. The number of amides is 3. The van der Waals surface area contributed by atoms with Crippen molar-refractivity contribution < 1.29 is 9.59 Å². The molecule has 0 aromatic heterocycles. The van der Waals surface area contributed by atoms with Crippen molar-refractivity contribution >= 4 is 11.9 Å². The second-order valence-electron chi connectivity index (χ2n) is 5.21. The third-order valence-corrected chi connectivity index (χ3v) is 3.98. The van der Waals surface area contributed by atoms with Crippen LogP contribution in [0.1, 0.15) is 6.42 Å². The van der Waals surface area contributed by atoms with Gasteiger partial charge in [0.25, 0.3) is 0 Å². The highest BCUT2D eigenvalue weighted by Crippen LogP contribution is 2.22. The molecule has 2 aliphatic heterocycles. The van der Waals surface area contributed by atoms with Crippen molar-refractivity contribution in [2.45, 2.75) is 18.5 Å². The Balaban J connectivity index is 1.63. The zero-order chi connectivity index (χ0) is 12.7. The summed E-state index contributed by atoms with van der Waals surface area (Å²) in [6.45, 7) is 2.53. The van der Waals surface area contributed by atoms with Gasteiger partial charge in [0.15, 0.2) is 0 Å². The molecule has 18 heavy (non-hydrogen) atoms. The quantitative estimate of drug-likeness (QED) is 0.594. The first-order chi connectivity index (χ1) is 8.65. The third kappa shape index (κ3) is 1.86. The molecule has 0 radical (unpaired) electrons. The highest BCUT2D eigenvalue weighted by atomic mass is 16.2. The van der Waals surface area contributed by atoms with Gasteiger partial charge in [0.2, 0.25) is 5.91 Å². The van der Waals surface area contributed by atoms with Gasteiger partial charge in [-0.3, -0.25) is 4.79 Å². The SMILES string of the molecule is NC1C=CC(C(=O)N2CCN3C(=O)NCC3C2)C1. The van der Waals surface area contributed by atoms with Crippen molar-refractivity contribution in [3.05, 3.63) is 12.2 Å². The largest absolute Gasteiger partial charge is 0.338 e. The highest BCUT2D eigenvalue weighted by Gasteiger charge is 2.38. The molecule has 2 heterocycles. The number of urea groups is 1. The van der Waals surface area contributed by atoms with E-state index in [-0.39, 0.29) is 29.9 Å². The zero-order valence-corrected chi connectivity index (χ0v) is 10.2. The van der Waals surface area contributed by atoms with Crippen LogP contribution in [0.15, 0.2) is 12.2 Å². The van der Waals surface area contributed by atoms with Crippen molar-refractivity contribution in [1.82, 2.24) is 15.1 Å². The molecule has 6 heteroatoms. The summed E-state index contributed by atoms with van der Waals surface area (Å²) < 4.78 is 0. The van der Waals surface area contributed by atoms with Gasteiger partial charge < -0.3 is 20.9 Å². The molecule has 3 atom stereocenters. The van der Waals surface area contributed by atoms with Gasteiger partial charge >= 0.3 is 6.03 Å². The monoisotopic (exact) mass is 250 g/mol. The summed E-state index contributed by atoms with van der Waals surface area (Å²) in [5.41, 5.74) is 5.78. The Morgan fingerprint density at radius 1 is 1.39 bits per heavy atom. The Morgan fingerprint density at radius 2 is 2.22 bits per heavy atom. The number of carbonyl (C=O) groups excluding carboxylic acids is 2. The number of nitrogens with zero attached hydrogens (tertiary/aromatic N) is 2. The molecule has 0 bridgehead atoms. The minimum Gasteiger partial charge on any atom is -0.338 e. The maximum absolute atomic E-state index is 12.3. The van der Waals surface area contributed by atoms with Crippen LogP contribution in [0.3, 0.4) is 0 Å². The minimum absolute atomic E-state index is 0.00474. The fraction of sp³-hybridized carbons (Fsp3) is 0.667. The molecule has 2 fully saturated rings. The molecule has 3 rings (SSSR count). The van der Waals surface area contributed by atoms with Crippen LogP contribution in [-0.4, -0.2) is 60.0 Å². The van der Waals surface area contributed by atoms with Crippen LogP contribution in [0.5, 0.6) is 0 Å². The number of rotatable bonds is 1. The van der Waals surface area contributed by atoms with E-state index in [1.165, 1.54) is 0 Å². The summed E-state index contributed by atoms with van der Waals surface area (Å²) in [7, 11) is 0. The van der Waals surface area contributed by atoms with Crippen LogP contribution < -0.4 is 11.1 Å². The average Bonchev–Trinajstić information content (AvgIpc) is 2.95. The van der Waals surface area contributed by atoms with Gasteiger partial charge in [-0.25, -0.2) is 4.79 Å². The van der Waals surface area contributed by atoms with Crippen LogP contribution in [-0.2, 0) is 4.79 Å². The van der Waals surface area contributed by atoms with Crippen molar-refractivity contribution in [3.63, 3.8) is 0 Å². The first-order valence-electron chi connectivity index (χ1n) is 6.42. The molecule has 0 spiro atoms. The molecule has 3 N–H and O–H groups in total. The van der Waals surface area contributed by atoms with Crippen LogP contribution in [0, 0.1) is 5.92 Å². The number of nitrogens with one attached hydrogen (secondary N) is 1. The number of nitrogens with two attached hydrogens (primary N) is 1. The number of hydrogen-bond acceptors (Lipinski definition) is 3. The van der Waals surface area contributed by atoms with E-state index in [0.29, 0.717) is 32.6 Å². The molecule has 0 aromatic rings. The molecule has 98 valence electrons. The van der Waals surface area contributed by atoms with Crippen molar-refractivity contribution in [1.29, 1.82) is 0 Å². The van der Waals surface area contributed by atoms with Gasteiger partial charge in [0.05, 0.1) is 12.0 Å². The summed E-state index contributed by atoms with van der Waals surface area (Å²) in [5.74, 6) is 0.0785. The molecule has 3 amide bonds. The number of fused-ring (bicyclic) bond motifs is 1. The van der Waals surface area contributed by atoms with Crippen LogP contribution in [0.2, 0.25) is 0 Å². The van der Waals surface area contributed by atoms with Gasteiger partial charge in [-0.15, -0.1) is 0 Å². The second kappa shape index (κ2) is 4.28. The topological polar surface area (TPSA) is 78.7 Å². The lowest BCUT2D eigenvalue weighted by Crippen LogP contribution is -2.54. The van der Waals surface area contributed by atoms with Crippen molar-refractivity contribution in [3.8, 4) is 0 Å². The zero-order valence-electron chi connectivity index (χ0n) is 10.2. The lowest BCUT2D eigenvalue weighted by Gasteiger charge is -2.37. The highest BCUT2D eigenvalue weighted by molar-refractivity contribution is 5.82. The standard InChI is InChI=1S/C12H18N4O2/c13-9-2-1-8(5-9)11(17)15-3-4-16-10(7-15)6-14-12(16)18/h1-2,8-10H,3-7,13H2,(H,14,18). The second-order valence-corrected chi connectivity index (χ2v) is 5.21. The van der Waals surface area contributed by atoms with Crippen LogP contribution in [0.25, 0.3) is 0 Å². The average molecular weight is 250 g/mol. The number of carbonyl (C=O) groups is 2. The number of piperazine rings is 1. The summed E-state index contributed by atoms with van der Waals surface area (Å²) in [6, 6.07) is 0.138. The van der Waals surface area contributed by atoms with E-state index in [1.54, 1.807) is 0 Å². The van der Waals surface area contributed by atoms with Gasteiger partial charge in [-0.05, 0) is 6.42 Å². The van der Waals surface area contributed by atoms with Gasteiger partial charge in [0.1, 0.15) is 0 Å². The molecule has 0 aromatic carbocycles. The first-order valence-corrected chi connectivity index (χ1v) is 6.42. The lowest BCUT2D eigenvalue weighted by atomic mass is 10.0. The third-order valence-electron chi connectivity index (χ3n) is 3.98. The smallest absolute Gasteiger partial charge is 0.317 e. The maximum atomic E-state index is 12.3. The summed E-state index contributed by atoms with van der Waals surface area (Å²) >= 11 is 0. The molecule has 3 aliphatic rings. The van der Waals surface area contributed by atoms with Gasteiger partial charge in [-0.2, -0.15) is 0 Å². The van der Waals surface area contributed by atoms with Crippen LogP contribution in [0.4, 0.5) is 4.79 Å². The van der Waals surface area contributed by atoms with E-state index in [1.807, 2.05) is 22.0 Å². The molecule has 6 nitrogen and oxygen atoms in total. The van der Waals surface area contributed by atoms with E-state index in [9.17, 15) is 9.59 Å². The predicted octanol–water partition coefficient (Wildman–Crippen LogP) is -0.874. The fourth-order valence-electron chi connectivity index (χ4n) is 2.95. The van der Waals surface area contributed by atoms with E-state index in [2.05, 4.69) is 5.32 Å². The molecule has 3 unspecified atom stereocenters. The van der Waals surface area contributed by atoms with Gasteiger partial charge in [0, 0.05) is 32.2 Å². The molecular formula is C12H18N4O2. The van der Waals surface area contributed by atoms with E-state index in [0.717, 1.165) is 0 Å². The Labute approximate surface area is 106 Å². The maximum Gasteiger partial charge on any atom is 0.317 e.